The lowest BCUT2D eigenvalue weighted by Crippen LogP contribution is -2.25. The molecule has 0 saturated carbocycles. The van der Waals surface area contributed by atoms with Gasteiger partial charge in [-0.1, -0.05) is 18.2 Å². The van der Waals surface area contributed by atoms with Crippen LogP contribution in [0.3, 0.4) is 0 Å². The molecule has 2 aromatic carbocycles. The molecular weight excluding hydrogens is 363 g/mol. The smallest absolute Gasteiger partial charge is 0.406 e. The number of ether oxygens (including phenoxy) is 1. The standard InChI is InChI=1S/C17H14F3N5O2/c18-17(19,20)27-15-6-4-12(5-7-15)8-9-21-16(26)13-2-1-3-14(10-13)25-11-22-23-24-25/h1-7,10-11H,8-9H2,(H,21,26). The summed E-state index contributed by atoms with van der Waals surface area (Å²) in [6.07, 6.45) is -2.83. The molecule has 0 fully saturated rings. The molecule has 1 N–H and O–H groups in total. The minimum atomic E-state index is -4.72. The molecule has 0 radical (unpaired) electrons. The first-order valence-corrected chi connectivity index (χ1v) is 7.87. The zero-order chi connectivity index (χ0) is 19.3. The van der Waals surface area contributed by atoms with Crippen molar-refractivity contribution >= 4 is 5.91 Å². The molecule has 3 rings (SSSR count). The van der Waals surface area contributed by atoms with Crippen molar-refractivity contribution in [1.29, 1.82) is 0 Å². The summed E-state index contributed by atoms with van der Waals surface area (Å²) in [7, 11) is 0. The van der Waals surface area contributed by atoms with Gasteiger partial charge in [0.15, 0.2) is 0 Å². The van der Waals surface area contributed by atoms with Crippen molar-refractivity contribution in [2.45, 2.75) is 12.8 Å². The van der Waals surface area contributed by atoms with Crippen molar-refractivity contribution < 1.29 is 22.7 Å². The molecule has 0 aliphatic rings. The molecule has 3 aromatic rings. The van der Waals surface area contributed by atoms with Gasteiger partial charge in [-0.15, -0.1) is 18.3 Å². The predicted octanol–water partition coefficient (Wildman–Crippen LogP) is 2.53. The first-order chi connectivity index (χ1) is 12.9. The van der Waals surface area contributed by atoms with Gasteiger partial charge in [0.25, 0.3) is 5.91 Å². The Morgan fingerprint density at radius 2 is 1.93 bits per heavy atom. The Kier molecular flexibility index (Phi) is 5.34. The van der Waals surface area contributed by atoms with Gasteiger partial charge in [-0.2, -0.15) is 0 Å². The van der Waals surface area contributed by atoms with Gasteiger partial charge in [0.1, 0.15) is 12.1 Å². The van der Waals surface area contributed by atoms with Crippen LogP contribution in [0.1, 0.15) is 15.9 Å². The zero-order valence-corrected chi connectivity index (χ0v) is 13.8. The largest absolute Gasteiger partial charge is 0.573 e. The number of aromatic nitrogens is 4. The van der Waals surface area contributed by atoms with Crippen molar-refractivity contribution in [2.24, 2.45) is 0 Å². The van der Waals surface area contributed by atoms with Crippen LogP contribution in [0.25, 0.3) is 5.69 Å². The van der Waals surface area contributed by atoms with Crippen molar-refractivity contribution in [1.82, 2.24) is 25.5 Å². The van der Waals surface area contributed by atoms with E-state index >= 15 is 0 Å². The van der Waals surface area contributed by atoms with Crippen LogP contribution in [-0.2, 0) is 6.42 Å². The molecule has 27 heavy (non-hydrogen) atoms. The van der Waals surface area contributed by atoms with E-state index in [9.17, 15) is 18.0 Å². The highest BCUT2D eigenvalue weighted by Crippen LogP contribution is 2.22. The molecule has 0 saturated heterocycles. The van der Waals surface area contributed by atoms with Gasteiger partial charge in [0, 0.05) is 12.1 Å². The highest BCUT2D eigenvalue weighted by Gasteiger charge is 2.30. The number of hydrogen-bond acceptors (Lipinski definition) is 5. The lowest BCUT2D eigenvalue weighted by atomic mass is 10.1. The van der Waals surface area contributed by atoms with Crippen LogP contribution in [0.5, 0.6) is 5.75 Å². The monoisotopic (exact) mass is 377 g/mol. The Bertz CT molecular complexity index is 896. The Hall–Kier alpha value is -3.43. The van der Waals surface area contributed by atoms with Crippen LogP contribution in [0.15, 0.2) is 54.9 Å². The van der Waals surface area contributed by atoms with Crippen LogP contribution in [0.4, 0.5) is 13.2 Å². The van der Waals surface area contributed by atoms with Gasteiger partial charge in [-0.25, -0.2) is 4.68 Å². The van der Waals surface area contributed by atoms with Crippen LogP contribution in [0.2, 0.25) is 0 Å². The molecule has 0 aliphatic heterocycles. The molecule has 10 heteroatoms. The summed E-state index contributed by atoms with van der Waals surface area (Å²) in [6, 6.07) is 12.3. The van der Waals surface area contributed by atoms with E-state index in [4.69, 9.17) is 0 Å². The fraction of sp³-hybridized carbons (Fsp3) is 0.176. The highest BCUT2D eigenvalue weighted by molar-refractivity contribution is 5.94. The minimum Gasteiger partial charge on any atom is -0.406 e. The lowest BCUT2D eigenvalue weighted by molar-refractivity contribution is -0.274. The number of amides is 1. The van der Waals surface area contributed by atoms with E-state index in [0.717, 1.165) is 5.56 Å². The molecule has 0 atom stereocenters. The number of carbonyl (C=O) groups is 1. The number of benzene rings is 2. The van der Waals surface area contributed by atoms with Crippen molar-refractivity contribution in [3.05, 3.63) is 66.0 Å². The number of halogens is 3. The van der Waals surface area contributed by atoms with E-state index in [-0.39, 0.29) is 11.7 Å². The van der Waals surface area contributed by atoms with E-state index in [2.05, 4.69) is 25.6 Å². The molecule has 1 amide bonds. The first-order valence-electron chi connectivity index (χ1n) is 7.87. The molecule has 7 nitrogen and oxygen atoms in total. The number of hydrogen-bond donors (Lipinski definition) is 1. The van der Waals surface area contributed by atoms with Gasteiger partial charge in [-0.05, 0) is 52.7 Å². The van der Waals surface area contributed by atoms with E-state index in [1.807, 2.05) is 0 Å². The summed E-state index contributed by atoms with van der Waals surface area (Å²) in [5.74, 6) is -0.559. The third kappa shape index (κ3) is 5.27. The topological polar surface area (TPSA) is 81.9 Å². The molecule has 140 valence electrons. The quantitative estimate of drug-likeness (QED) is 0.714. The summed E-state index contributed by atoms with van der Waals surface area (Å²) in [5.41, 5.74) is 1.86. The molecule has 1 aromatic heterocycles. The number of nitrogens with one attached hydrogen (secondary N) is 1. The third-order valence-electron chi connectivity index (χ3n) is 3.58. The van der Waals surface area contributed by atoms with Crippen LogP contribution in [0, 0.1) is 0 Å². The van der Waals surface area contributed by atoms with E-state index < -0.39 is 6.36 Å². The van der Waals surface area contributed by atoms with Crippen molar-refractivity contribution in [3.8, 4) is 11.4 Å². The fourth-order valence-electron chi connectivity index (χ4n) is 2.35. The second kappa shape index (κ2) is 7.85. The van der Waals surface area contributed by atoms with E-state index in [1.165, 1.54) is 35.3 Å². The van der Waals surface area contributed by atoms with Gasteiger partial charge < -0.3 is 10.1 Å². The molecule has 0 bridgehead atoms. The summed E-state index contributed by atoms with van der Waals surface area (Å²) in [4.78, 5) is 12.3. The number of tetrazole rings is 1. The van der Waals surface area contributed by atoms with E-state index in [0.29, 0.717) is 24.2 Å². The van der Waals surface area contributed by atoms with E-state index in [1.54, 1.807) is 24.3 Å². The summed E-state index contributed by atoms with van der Waals surface area (Å²) in [5, 5.41) is 13.6. The SMILES string of the molecule is O=C(NCCc1ccc(OC(F)(F)F)cc1)c1cccc(-n2cnnn2)c1. The predicted molar refractivity (Wildman–Crippen MR) is 88.3 cm³/mol. The minimum absolute atomic E-state index is 0.276. The molecule has 1 heterocycles. The number of carbonyl (C=O) groups excluding carboxylic acids is 1. The maximum Gasteiger partial charge on any atom is 0.573 e. The molecular formula is C17H14F3N5O2. The molecule has 0 aliphatic carbocycles. The number of rotatable bonds is 6. The second-order valence-electron chi connectivity index (χ2n) is 5.50. The highest BCUT2D eigenvalue weighted by atomic mass is 19.4. The van der Waals surface area contributed by atoms with Gasteiger partial charge in [-0.3, -0.25) is 4.79 Å². The van der Waals surface area contributed by atoms with Crippen LogP contribution < -0.4 is 10.1 Å². The normalized spacial score (nSPS) is 11.2. The van der Waals surface area contributed by atoms with Gasteiger partial charge in [0.05, 0.1) is 5.69 Å². The number of nitrogens with zero attached hydrogens (tertiary/aromatic N) is 4. The average Bonchev–Trinajstić information content (AvgIpc) is 3.17. The Labute approximate surface area is 151 Å². The van der Waals surface area contributed by atoms with Gasteiger partial charge >= 0.3 is 6.36 Å². The maximum atomic E-state index is 12.3. The zero-order valence-electron chi connectivity index (χ0n) is 13.8. The Morgan fingerprint density at radius 3 is 2.59 bits per heavy atom. The average molecular weight is 377 g/mol. The maximum absolute atomic E-state index is 12.3. The lowest BCUT2D eigenvalue weighted by Gasteiger charge is -2.10. The first kappa shape index (κ1) is 18.4. The number of alkyl halides is 3. The Balaban J connectivity index is 1.53. The third-order valence-corrected chi connectivity index (χ3v) is 3.58. The summed E-state index contributed by atoms with van der Waals surface area (Å²) >= 11 is 0. The fourth-order valence-corrected chi connectivity index (χ4v) is 2.35. The second-order valence-corrected chi connectivity index (χ2v) is 5.50. The van der Waals surface area contributed by atoms with Crippen LogP contribution in [-0.4, -0.2) is 39.0 Å². The van der Waals surface area contributed by atoms with Crippen molar-refractivity contribution in [2.75, 3.05) is 6.54 Å². The van der Waals surface area contributed by atoms with Crippen molar-refractivity contribution in [3.63, 3.8) is 0 Å². The molecule has 0 spiro atoms. The summed E-state index contributed by atoms with van der Waals surface area (Å²) < 4.78 is 41.6. The van der Waals surface area contributed by atoms with Gasteiger partial charge in [0.2, 0.25) is 0 Å². The summed E-state index contributed by atoms with van der Waals surface area (Å²) in [6.45, 7) is 0.327. The molecule has 0 unspecified atom stereocenters. The Morgan fingerprint density at radius 1 is 1.15 bits per heavy atom. The van der Waals surface area contributed by atoms with Crippen LogP contribution >= 0.6 is 0 Å².